The van der Waals surface area contributed by atoms with Gasteiger partial charge in [0.1, 0.15) is 5.82 Å². The highest BCUT2D eigenvalue weighted by Crippen LogP contribution is 2.15. The molecule has 3 heteroatoms. The van der Waals surface area contributed by atoms with E-state index in [1.807, 2.05) is 6.07 Å². The van der Waals surface area contributed by atoms with Gasteiger partial charge >= 0.3 is 0 Å². The number of nitrogens with zero attached hydrogens (tertiary/aromatic N) is 1. The number of benzene rings is 1. The molecular weight excluding hydrogens is 227 g/mol. The van der Waals surface area contributed by atoms with E-state index in [0.29, 0.717) is 18.1 Å². The fourth-order valence-electron chi connectivity index (χ4n) is 2.79. The van der Waals surface area contributed by atoms with E-state index in [9.17, 15) is 4.39 Å². The maximum Gasteiger partial charge on any atom is 0.123 e. The molecule has 1 aliphatic heterocycles. The lowest BCUT2D eigenvalue weighted by Crippen LogP contribution is -2.57. The van der Waals surface area contributed by atoms with Gasteiger partial charge in [-0.15, -0.1) is 0 Å². The van der Waals surface area contributed by atoms with Crippen LogP contribution in [-0.2, 0) is 6.42 Å². The third kappa shape index (κ3) is 3.30. The fraction of sp³-hybridized carbons (Fsp3) is 0.600. The summed E-state index contributed by atoms with van der Waals surface area (Å²) in [4.78, 5) is 2.52. The van der Waals surface area contributed by atoms with Crippen molar-refractivity contribution in [1.29, 1.82) is 0 Å². The topological polar surface area (TPSA) is 15.3 Å². The van der Waals surface area contributed by atoms with Crippen molar-refractivity contribution in [2.75, 3.05) is 13.1 Å². The van der Waals surface area contributed by atoms with Crippen LogP contribution in [0.15, 0.2) is 24.3 Å². The average molecular weight is 250 g/mol. The Balaban J connectivity index is 2.00. The normalized spacial score (nSPS) is 27.1. The smallest absolute Gasteiger partial charge is 0.123 e. The standard InChI is InChI=1S/C15H23FN2/c1-11-10-18(13(3)9-17-11)12(2)7-14-5-4-6-15(16)8-14/h4-6,8,11-13,17H,7,9-10H2,1-3H3. The zero-order chi connectivity index (χ0) is 13.1. The molecule has 2 rings (SSSR count). The molecule has 0 radical (unpaired) electrons. The van der Waals surface area contributed by atoms with Crippen LogP contribution in [0.3, 0.4) is 0 Å². The van der Waals surface area contributed by atoms with Crippen LogP contribution in [0, 0.1) is 5.82 Å². The summed E-state index contributed by atoms with van der Waals surface area (Å²) in [6.07, 6.45) is 0.912. The predicted octanol–water partition coefficient (Wildman–Crippen LogP) is 2.44. The van der Waals surface area contributed by atoms with Gasteiger partial charge in [-0.25, -0.2) is 4.39 Å². The van der Waals surface area contributed by atoms with Crippen molar-refractivity contribution in [2.45, 2.75) is 45.3 Å². The molecule has 1 N–H and O–H groups in total. The van der Waals surface area contributed by atoms with Gasteiger partial charge in [-0.2, -0.15) is 0 Å². The summed E-state index contributed by atoms with van der Waals surface area (Å²) < 4.78 is 13.2. The molecule has 0 saturated carbocycles. The Bertz CT molecular complexity index is 394. The van der Waals surface area contributed by atoms with E-state index in [2.05, 4.69) is 31.0 Å². The summed E-state index contributed by atoms with van der Waals surface area (Å²) in [5.74, 6) is -0.138. The van der Waals surface area contributed by atoms with Crippen molar-refractivity contribution in [1.82, 2.24) is 10.2 Å². The van der Waals surface area contributed by atoms with Crippen LogP contribution in [0.4, 0.5) is 4.39 Å². The summed E-state index contributed by atoms with van der Waals surface area (Å²) in [5, 5.41) is 3.49. The number of rotatable bonds is 3. The minimum Gasteiger partial charge on any atom is -0.311 e. The molecule has 1 fully saturated rings. The lowest BCUT2D eigenvalue weighted by atomic mass is 10.0. The second kappa shape index (κ2) is 5.81. The molecule has 1 saturated heterocycles. The largest absolute Gasteiger partial charge is 0.311 e. The van der Waals surface area contributed by atoms with Crippen LogP contribution in [0.25, 0.3) is 0 Å². The van der Waals surface area contributed by atoms with E-state index in [4.69, 9.17) is 0 Å². The molecule has 18 heavy (non-hydrogen) atoms. The molecule has 0 amide bonds. The predicted molar refractivity (Wildman–Crippen MR) is 73.2 cm³/mol. The summed E-state index contributed by atoms with van der Waals surface area (Å²) in [6.45, 7) is 8.81. The molecule has 0 aliphatic carbocycles. The first-order valence-corrected chi connectivity index (χ1v) is 6.80. The Hall–Kier alpha value is -0.930. The minimum absolute atomic E-state index is 0.138. The van der Waals surface area contributed by atoms with E-state index < -0.39 is 0 Å². The van der Waals surface area contributed by atoms with Crippen LogP contribution >= 0.6 is 0 Å². The molecule has 3 unspecified atom stereocenters. The van der Waals surface area contributed by atoms with Gasteiger partial charge in [0.25, 0.3) is 0 Å². The Morgan fingerprint density at radius 1 is 1.44 bits per heavy atom. The van der Waals surface area contributed by atoms with E-state index in [0.717, 1.165) is 25.1 Å². The molecule has 1 aliphatic rings. The molecule has 0 spiro atoms. The van der Waals surface area contributed by atoms with E-state index in [1.165, 1.54) is 6.07 Å². The second-order valence-corrected chi connectivity index (χ2v) is 5.54. The van der Waals surface area contributed by atoms with Crippen molar-refractivity contribution in [3.63, 3.8) is 0 Å². The van der Waals surface area contributed by atoms with E-state index in [1.54, 1.807) is 12.1 Å². The molecular formula is C15H23FN2. The van der Waals surface area contributed by atoms with Gasteiger partial charge in [-0.1, -0.05) is 12.1 Å². The van der Waals surface area contributed by atoms with Gasteiger partial charge in [0.15, 0.2) is 0 Å². The van der Waals surface area contributed by atoms with Crippen molar-refractivity contribution in [3.05, 3.63) is 35.6 Å². The third-order valence-electron chi connectivity index (χ3n) is 3.80. The summed E-state index contributed by atoms with van der Waals surface area (Å²) in [7, 11) is 0. The number of halogens is 1. The Kier molecular flexibility index (Phi) is 4.36. The van der Waals surface area contributed by atoms with E-state index >= 15 is 0 Å². The van der Waals surface area contributed by atoms with Crippen LogP contribution in [0.1, 0.15) is 26.3 Å². The van der Waals surface area contributed by atoms with Gasteiger partial charge in [0.05, 0.1) is 0 Å². The van der Waals surface area contributed by atoms with Crippen LogP contribution in [0.5, 0.6) is 0 Å². The quantitative estimate of drug-likeness (QED) is 0.886. The van der Waals surface area contributed by atoms with Crippen molar-refractivity contribution in [2.24, 2.45) is 0 Å². The zero-order valence-corrected chi connectivity index (χ0v) is 11.5. The SMILES string of the molecule is CC1CN(C(C)Cc2cccc(F)c2)C(C)CN1. The number of piperazine rings is 1. The Labute approximate surface area is 109 Å². The van der Waals surface area contributed by atoms with Gasteiger partial charge < -0.3 is 5.32 Å². The molecule has 2 nitrogen and oxygen atoms in total. The summed E-state index contributed by atoms with van der Waals surface area (Å²) in [6, 6.07) is 8.49. The first kappa shape index (κ1) is 13.5. The fourth-order valence-corrected chi connectivity index (χ4v) is 2.79. The first-order chi connectivity index (χ1) is 8.56. The zero-order valence-electron chi connectivity index (χ0n) is 11.5. The molecule has 1 aromatic rings. The Morgan fingerprint density at radius 3 is 2.94 bits per heavy atom. The summed E-state index contributed by atoms with van der Waals surface area (Å²) >= 11 is 0. The average Bonchev–Trinajstić information content (AvgIpc) is 2.32. The van der Waals surface area contributed by atoms with Gasteiger partial charge in [-0.05, 0) is 44.9 Å². The van der Waals surface area contributed by atoms with Crippen molar-refractivity contribution in [3.8, 4) is 0 Å². The Morgan fingerprint density at radius 2 is 2.22 bits per heavy atom. The second-order valence-electron chi connectivity index (χ2n) is 5.54. The maximum atomic E-state index is 13.2. The van der Waals surface area contributed by atoms with E-state index in [-0.39, 0.29) is 5.82 Å². The molecule has 3 atom stereocenters. The van der Waals surface area contributed by atoms with Crippen LogP contribution in [-0.4, -0.2) is 36.1 Å². The highest BCUT2D eigenvalue weighted by molar-refractivity contribution is 5.17. The third-order valence-corrected chi connectivity index (χ3v) is 3.80. The van der Waals surface area contributed by atoms with Crippen LogP contribution in [0.2, 0.25) is 0 Å². The highest BCUT2D eigenvalue weighted by atomic mass is 19.1. The number of hydrogen-bond donors (Lipinski definition) is 1. The first-order valence-electron chi connectivity index (χ1n) is 6.80. The van der Waals surface area contributed by atoms with Gasteiger partial charge in [0.2, 0.25) is 0 Å². The monoisotopic (exact) mass is 250 g/mol. The number of nitrogens with one attached hydrogen (secondary N) is 1. The highest BCUT2D eigenvalue weighted by Gasteiger charge is 2.26. The molecule has 1 aromatic carbocycles. The minimum atomic E-state index is -0.138. The maximum absolute atomic E-state index is 13.2. The molecule has 0 aromatic heterocycles. The molecule has 1 heterocycles. The summed E-state index contributed by atoms with van der Waals surface area (Å²) in [5.41, 5.74) is 1.08. The van der Waals surface area contributed by atoms with Crippen molar-refractivity contribution < 1.29 is 4.39 Å². The molecule has 0 bridgehead atoms. The lowest BCUT2D eigenvalue weighted by molar-refractivity contribution is 0.103. The van der Waals surface area contributed by atoms with Crippen molar-refractivity contribution >= 4 is 0 Å². The number of hydrogen-bond acceptors (Lipinski definition) is 2. The van der Waals surface area contributed by atoms with Crippen LogP contribution < -0.4 is 5.32 Å². The molecule has 100 valence electrons. The lowest BCUT2D eigenvalue weighted by Gasteiger charge is -2.41. The van der Waals surface area contributed by atoms with Gasteiger partial charge in [-0.3, -0.25) is 4.90 Å². The van der Waals surface area contributed by atoms with Gasteiger partial charge in [0, 0.05) is 31.2 Å².